The smallest absolute Gasteiger partial charge is 0.337 e. The monoisotopic (exact) mass is 246 g/mol. The van der Waals surface area contributed by atoms with Gasteiger partial charge < -0.3 is 9.47 Å². The fourth-order valence-corrected chi connectivity index (χ4v) is 1.52. The third-order valence-corrected chi connectivity index (χ3v) is 2.44. The van der Waals surface area contributed by atoms with Gasteiger partial charge in [-0.3, -0.25) is 4.68 Å². The number of hydrogen-bond donors (Lipinski definition) is 0. The number of aromatic nitrogens is 2. The zero-order chi connectivity index (χ0) is 13.0. The van der Waals surface area contributed by atoms with Gasteiger partial charge in [0.2, 0.25) is 0 Å². The number of ether oxygens (including phenoxy) is 2. The van der Waals surface area contributed by atoms with Crippen LogP contribution in [0.4, 0.5) is 0 Å². The van der Waals surface area contributed by atoms with Crippen molar-refractivity contribution < 1.29 is 14.3 Å². The first kappa shape index (κ1) is 12.2. The maximum absolute atomic E-state index is 11.2. The van der Waals surface area contributed by atoms with Crippen LogP contribution in [0.1, 0.15) is 15.9 Å². The average molecular weight is 246 g/mol. The van der Waals surface area contributed by atoms with E-state index in [4.69, 9.17) is 4.74 Å². The minimum Gasteiger partial charge on any atom is -0.489 e. The van der Waals surface area contributed by atoms with Gasteiger partial charge in [0.15, 0.2) is 0 Å². The Bertz CT molecular complexity index is 531. The molecule has 1 aromatic heterocycles. The number of esters is 1. The molecule has 0 bridgehead atoms. The molecule has 2 aromatic rings. The fraction of sp³-hybridized carbons (Fsp3) is 0.231. The van der Waals surface area contributed by atoms with Crippen LogP contribution in [0.15, 0.2) is 36.7 Å². The summed E-state index contributed by atoms with van der Waals surface area (Å²) in [6, 6.07) is 6.82. The van der Waals surface area contributed by atoms with E-state index in [1.165, 1.54) is 7.11 Å². The number of carbonyl (C=O) groups excluding carboxylic acids is 1. The Hall–Kier alpha value is -2.30. The zero-order valence-corrected chi connectivity index (χ0v) is 10.3. The van der Waals surface area contributed by atoms with Crippen LogP contribution >= 0.6 is 0 Å². The van der Waals surface area contributed by atoms with Gasteiger partial charge in [-0.25, -0.2) is 4.79 Å². The molecule has 0 N–H and O–H groups in total. The lowest BCUT2D eigenvalue weighted by Gasteiger charge is -2.05. The summed E-state index contributed by atoms with van der Waals surface area (Å²) in [7, 11) is 3.21. The van der Waals surface area contributed by atoms with E-state index in [1.807, 2.05) is 13.2 Å². The highest BCUT2D eigenvalue weighted by Gasteiger charge is 2.05. The molecule has 18 heavy (non-hydrogen) atoms. The topological polar surface area (TPSA) is 53.4 Å². The lowest BCUT2D eigenvalue weighted by molar-refractivity contribution is 0.0600. The number of carbonyl (C=O) groups is 1. The van der Waals surface area contributed by atoms with Gasteiger partial charge in [-0.1, -0.05) is 0 Å². The summed E-state index contributed by atoms with van der Waals surface area (Å²) in [4.78, 5) is 11.2. The second-order valence-corrected chi connectivity index (χ2v) is 3.83. The number of aryl methyl sites for hydroxylation is 1. The van der Waals surface area contributed by atoms with Crippen molar-refractivity contribution in [2.24, 2.45) is 7.05 Å². The molecular weight excluding hydrogens is 232 g/mol. The van der Waals surface area contributed by atoms with Gasteiger partial charge in [-0.05, 0) is 24.3 Å². The lowest BCUT2D eigenvalue weighted by atomic mass is 10.2. The van der Waals surface area contributed by atoms with Crippen LogP contribution in [0.3, 0.4) is 0 Å². The quantitative estimate of drug-likeness (QED) is 0.772. The Morgan fingerprint density at radius 1 is 1.33 bits per heavy atom. The molecule has 0 atom stereocenters. The van der Waals surface area contributed by atoms with E-state index in [9.17, 15) is 4.79 Å². The maximum Gasteiger partial charge on any atom is 0.337 e. The van der Waals surface area contributed by atoms with Crippen LogP contribution in [-0.4, -0.2) is 22.9 Å². The molecule has 5 heteroatoms. The summed E-state index contributed by atoms with van der Waals surface area (Å²) in [6.07, 6.45) is 3.64. The Balaban J connectivity index is 1.96. The average Bonchev–Trinajstić information content (AvgIpc) is 2.82. The van der Waals surface area contributed by atoms with E-state index in [2.05, 4.69) is 9.84 Å². The van der Waals surface area contributed by atoms with Gasteiger partial charge >= 0.3 is 5.97 Å². The standard InChI is InChI=1S/C13H14N2O3/c1-15-8-10(7-14-15)9-18-12-5-3-11(4-6-12)13(16)17-2/h3-8H,9H2,1-2H3. The second kappa shape index (κ2) is 5.35. The van der Waals surface area contributed by atoms with Crippen molar-refractivity contribution in [3.63, 3.8) is 0 Å². The highest BCUT2D eigenvalue weighted by Crippen LogP contribution is 2.14. The minimum atomic E-state index is -0.353. The number of benzene rings is 1. The fourth-order valence-electron chi connectivity index (χ4n) is 1.52. The van der Waals surface area contributed by atoms with Crippen molar-refractivity contribution in [3.8, 4) is 5.75 Å². The lowest BCUT2D eigenvalue weighted by Crippen LogP contribution is -2.01. The molecule has 0 aliphatic heterocycles. The third-order valence-electron chi connectivity index (χ3n) is 2.44. The van der Waals surface area contributed by atoms with Crippen LogP contribution in [-0.2, 0) is 18.4 Å². The molecular formula is C13H14N2O3. The van der Waals surface area contributed by atoms with Crippen LogP contribution in [0.25, 0.3) is 0 Å². The van der Waals surface area contributed by atoms with Gasteiger partial charge in [-0.2, -0.15) is 5.10 Å². The molecule has 0 saturated carbocycles. The van der Waals surface area contributed by atoms with E-state index >= 15 is 0 Å². The van der Waals surface area contributed by atoms with Gasteiger partial charge in [0.05, 0.1) is 18.9 Å². The van der Waals surface area contributed by atoms with Gasteiger partial charge in [-0.15, -0.1) is 0 Å². The van der Waals surface area contributed by atoms with E-state index in [-0.39, 0.29) is 5.97 Å². The Morgan fingerprint density at radius 3 is 2.61 bits per heavy atom. The van der Waals surface area contributed by atoms with Crippen molar-refractivity contribution in [1.82, 2.24) is 9.78 Å². The summed E-state index contributed by atoms with van der Waals surface area (Å²) in [5.41, 5.74) is 1.50. The van der Waals surface area contributed by atoms with Crippen molar-refractivity contribution in [3.05, 3.63) is 47.8 Å². The molecule has 1 heterocycles. The van der Waals surface area contributed by atoms with Crippen molar-refractivity contribution in [2.75, 3.05) is 7.11 Å². The normalized spacial score (nSPS) is 10.1. The van der Waals surface area contributed by atoms with Crippen molar-refractivity contribution in [1.29, 1.82) is 0 Å². The molecule has 0 spiro atoms. The molecule has 0 amide bonds. The van der Waals surface area contributed by atoms with Crippen LogP contribution < -0.4 is 4.74 Å². The first-order chi connectivity index (χ1) is 8.69. The zero-order valence-electron chi connectivity index (χ0n) is 10.3. The van der Waals surface area contributed by atoms with Gasteiger partial charge in [0.1, 0.15) is 12.4 Å². The van der Waals surface area contributed by atoms with E-state index < -0.39 is 0 Å². The molecule has 2 rings (SSSR count). The minimum absolute atomic E-state index is 0.353. The number of hydrogen-bond acceptors (Lipinski definition) is 4. The van der Waals surface area contributed by atoms with Crippen molar-refractivity contribution >= 4 is 5.97 Å². The first-order valence-electron chi connectivity index (χ1n) is 5.48. The van der Waals surface area contributed by atoms with E-state index in [0.717, 1.165) is 5.56 Å². The highest BCUT2D eigenvalue weighted by molar-refractivity contribution is 5.89. The predicted octanol–water partition coefficient (Wildman–Crippen LogP) is 1.79. The summed E-state index contributed by atoms with van der Waals surface area (Å²) < 4.78 is 11.9. The van der Waals surface area contributed by atoms with Crippen LogP contribution in [0, 0.1) is 0 Å². The van der Waals surface area contributed by atoms with Gasteiger partial charge in [0.25, 0.3) is 0 Å². The summed E-state index contributed by atoms with van der Waals surface area (Å²) >= 11 is 0. The summed E-state index contributed by atoms with van der Waals surface area (Å²) in [5, 5.41) is 4.05. The van der Waals surface area contributed by atoms with Gasteiger partial charge in [0, 0.05) is 18.8 Å². The molecule has 0 aliphatic rings. The Kier molecular flexibility index (Phi) is 3.62. The van der Waals surface area contributed by atoms with E-state index in [1.54, 1.807) is 35.1 Å². The second-order valence-electron chi connectivity index (χ2n) is 3.83. The molecule has 0 radical (unpaired) electrons. The molecule has 0 saturated heterocycles. The highest BCUT2D eigenvalue weighted by atomic mass is 16.5. The molecule has 0 fully saturated rings. The first-order valence-corrected chi connectivity index (χ1v) is 5.48. The molecule has 94 valence electrons. The van der Waals surface area contributed by atoms with Crippen LogP contribution in [0.2, 0.25) is 0 Å². The number of nitrogens with zero attached hydrogens (tertiary/aromatic N) is 2. The molecule has 0 unspecified atom stereocenters. The SMILES string of the molecule is COC(=O)c1ccc(OCc2cnn(C)c2)cc1. The third kappa shape index (κ3) is 2.88. The Morgan fingerprint density at radius 2 is 2.06 bits per heavy atom. The maximum atomic E-state index is 11.2. The Labute approximate surface area is 105 Å². The largest absolute Gasteiger partial charge is 0.489 e. The molecule has 5 nitrogen and oxygen atoms in total. The predicted molar refractivity (Wildman–Crippen MR) is 65.3 cm³/mol. The van der Waals surface area contributed by atoms with Crippen molar-refractivity contribution in [2.45, 2.75) is 6.61 Å². The van der Waals surface area contributed by atoms with Crippen LogP contribution in [0.5, 0.6) is 5.75 Å². The molecule has 0 aliphatic carbocycles. The number of methoxy groups -OCH3 is 1. The summed E-state index contributed by atoms with van der Waals surface area (Å²) in [5.74, 6) is 0.348. The molecule has 1 aromatic carbocycles. The number of rotatable bonds is 4. The summed E-state index contributed by atoms with van der Waals surface area (Å²) in [6.45, 7) is 0.450. The van der Waals surface area contributed by atoms with E-state index in [0.29, 0.717) is 17.9 Å².